The first-order chi connectivity index (χ1) is 8.39. The van der Waals surface area contributed by atoms with E-state index in [0.29, 0.717) is 15.8 Å². The molecule has 0 radical (unpaired) electrons. The third-order valence-electron chi connectivity index (χ3n) is 3.07. The minimum absolute atomic E-state index is 0.464. The highest BCUT2D eigenvalue weighted by Crippen LogP contribution is 2.34. The van der Waals surface area contributed by atoms with Gasteiger partial charge in [0.1, 0.15) is 11.7 Å². The Kier molecular flexibility index (Phi) is 3.20. The number of anilines is 1. The molecule has 7 heteroatoms. The molecule has 1 atom stereocenters. The fraction of sp³-hybridized carbons (Fsp3) is 0.364. The van der Waals surface area contributed by atoms with Gasteiger partial charge in [-0.3, -0.25) is 10.1 Å². The van der Waals surface area contributed by atoms with E-state index in [9.17, 15) is 15.2 Å². The molecule has 1 fully saturated rings. The van der Waals surface area contributed by atoms with Crippen molar-refractivity contribution in [2.24, 2.45) is 0 Å². The average Bonchev–Trinajstić information content (AvgIpc) is 2.49. The van der Waals surface area contributed by atoms with Crippen molar-refractivity contribution in [1.29, 1.82) is 0 Å². The number of hydroxylamine groups is 3. The molecule has 0 spiro atoms. The SMILES string of the molecule is CC1(C)C(NO)N(c2cccc(Cl)c2)C(=O)N1O. The van der Waals surface area contributed by atoms with Crippen LogP contribution in [0, 0.1) is 0 Å². The average molecular weight is 272 g/mol. The molecule has 1 aliphatic rings. The molecule has 0 aromatic heterocycles. The summed E-state index contributed by atoms with van der Waals surface area (Å²) in [6.07, 6.45) is -0.784. The molecule has 0 saturated carbocycles. The molecule has 98 valence electrons. The van der Waals surface area contributed by atoms with Gasteiger partial charge in [0.05, 0.1) is 0 Å². The third kappa shape index (κ3) is 1.83. The number of nitrogens with zero attached hydrogens (tertiary/aromatic N) is 2. The lowest BCUT2D eigenvalue weighted by atomic mass is 10.0. The Balaban J connectivity index is 2.46. The summed E-state index contributed by atoms with van der Waals surface area (Å²) in [5.41, 5.74) is 1.55. The molecule has 1 saturated heterocycles. The van der Waals surface area contributed by atoms with Gasteiger partial charge in [-0.1, -0.05) is 17.7 Å². The quantitative estimate of drug-likeness (QED) is 0.568. The summed E-state index contributed by atoms with van der Waals surface area (Å²) in [7, 11) is 0. The maximum absolute atomic E-state index is 12.0. The Morgan fingerprint density at radius 2 is 2.11 bits per heavy atom. The number of urea groups is 1. The van der Waals surface area contributed by atoms with Crippen LogP contribution in [0.4, 0.5) is 10.5 Å². The Morgan fingerprint density at radius 3 is 2.67 bits per heavy atom. The van der Waals surface area contributed by atoms with Crippen LogP contribution in [-0.2, 0) is 0 Å². The number of benzene rings is 1. The van der Waals surface area contributed by atoms with Crippen LogP contribution in [-0.4, -0.2) is 33.2 Å². The number of amides is 2. The Hall–Kier alpha value is -1.34. The zero-order chi connectivity index (χ0) is 13.5. The molecule has 1 aromatic rings. The highest BCUT2D eigenvalue weighted by atomic mass is 35.5. The number of halogens is 1. The van der Waals surface area contributed by atoms with Crippen LogP contribution in [0.3, 0.4) is 0 Å². The molecule has 2 rings (SSSR count). The first-order valence-electron chi connectivity index (χ1n) is 5.37. The van der Waals surface area contributed by atoms with E-state index in [1.165, 1.54) is 4.90 Å². The molecule has 2 amide bonds. The van der Waals surface area contributed by atoms with E-state index < -0.39 is 17.7 Å². The summed E-state index contributed by atoms with van der Waals surface area (Å²) in [6.45, 7) is 3.26. The lowest BCUT2D eigenvalue weighted by molar-refractivity contribution is -0.110. The Bertz CT molecular complexity index is 480. The van der Waals surface area contributed by atoms with E-state index in [-0.39, 0.29) is 0 Å². The maximum atomic E-state index is 12.0. The molecular formula is C11H14ClN3O3. The number of rotatable bonds is 2. The van der Waals surface area contributed by atoms with Crippen LogP contribution in [0.2, 0.25) is 5.02 Å². The van der Waals surface area contributed by atoms with E-state index in [1.54, 1.807) is 38.1 Å². The van der Waals surface area contributed by atoms with Crippen molar-refractivity contribution in [3.05, 3.63) is 29.3 Å². The van der Waals surface area contributed by atoms with Gasteiger partial charge in [0.2, 0.25) is 0 Å². The number of nitrogens with one attached hydrogen (secondary N) is 1. The second kappa shape index (κ2) is 4.40. The number of carbonyl (C=O) groups is 1. The molecule has 0 aliphatic carbocycles. The van der Waals surface area contributed by atoms with Crippen LogP contribution in [0.5, 0.6) is 0 Å². The predicted molar refractivity (Wildman–Crippen MR) is 65.7 cm³/mol. The van der Waals surface area contributed by atoms with E-state index in [1.807, 2.05) is 5.48 Å². The minimum Gasteiger partial charge on any atom is -0.315 e. The molecule has 1 aromatic carbocycles. The zero-order valence-electron chi connectivity index (χ0n) is 9.96. The fourth-order valence-corrected chi connectivity index (χ4v) is 2.18. The van der Waals surface area contributed by atoms with Crippen molar-refractivity contribution in [2.75, 3.05) is 4.90 Å². The maximum Gasteiger partial charge on any atom is 0.350 e. The predicted octanol–water partition coefficient (Wildman–Crippen LogP) is 2.05. The highest BCUT2D eigenvalue weighted by Gasteiger charge is 2.52. The van der Waals surface area contributed by atoms with Gasteiger partial charge in [0, 0.05) is 10.7 Å². The fourth-order valence-electron chi connectivity index (χ4n) is 1.99. The lowest BCUT2D eigenvalue weighted by Gasteiger charge is -2.30. The normalized spacial score (nSPS) is 22.7. The monoisotopic (exact) mass is 271 g/mol. The van der Waals surface area contributed by atoms with Crippen molar-refractivity contribution in [3.8, 4) is 0 Å². The van der Waals surface area contributed by atoms with Gasteiger partial charge in [0.25, 0.3) is 0 Å². The first-order valence-corrected chi connectivity index (χ1v) is 5.75. The first kappa shape index (κ1) is 13.1. The largest absolute Gasteiger partial charge is 0.350 e. The minimum atomic E-state index is -0.978. The van der Waals surface area contributed by atoms with Crippen LogP contribution in [0.25, 0.3) is 0 Å². The van der Waals surface area contributed by atoms with Crippen LogP contribution < -0.4 is 10.4 Å². The smallest absolute Gasteiger partial charge is 0.315 e. The zero-order valence-corrected chi connectivity index (χ0v) is 10.7. The Morgan fingerprint density at radius 1 is 1.44 bits per heavy atom. The van der Waals surface area contributed by atoms with Crippen LogP contribution >= 0.6 is 11.6 Å². The molecule has 3 N–H and O–H groups in total. The number of hydrogen-bond donors (Lipinski definition) is 3. The summed E-state index contributed by atoms with van der Waals surface area (Å²) >= 11 is 5.87. The van der Waals surface area contributed by atoms with Gasteiger partial charge in [-0.25, -0.2) is 4.79 Å². The van der Waals surface area contributed by atoms with Crippen molar-refractivity contribution in [3.63, 3.8) is 0 Å². The van der Waals surface area contributed by atoms with Crippen molar-refractivity contribution >= 4 is 23.3 Å². The van der Waals surface area contributed by atoms with Gasteiger partial charge in [-0.05, 0) is 32.0 Å². The molecule has 1 aliphatic heterocycles. The summed E-state index contributed by atoms with van der Waals surface area (Å²) in [5, 5.41) is 20.1. The van der Waals surface area contributed by atoms with E-state index in [0.717, 1.165) is 0 Å². The van der Waals surface area contributed by atoms with E-state index >= 15 is 0 Å². The van der Waals surface area contributed by atoms with Gasteiger partial charge in [0.15, 0.2) is 0 Å². The molecule has 6 nitrogen and oxygen atoms in total. The highest BCUT2D eigenvalue weighted by molar-refractivity contribution is 6.30. The van der Waals surface area contributed by atoms with Crippen molar-refractivity contribution in [1.82, 2.24) is 10.5 Å². The second-order valence-electron chi connectivity index (χ2n) is 4.63. The van der Waals surface area contributed by atoms with Gasteiger partial charge in [-0.2, -0.15) is 10.5 Å². The topological polar surface area (TPSA) is 76.0 Å². The van der Waals surface area contributed by atoms with Crippen LogP contribution in [0.15, 0.2) is 24.3 Å². The van der Waals surface area contributed by atoms with Crippen molar-refractivity contribution < 1.29 is 15.2 Å². The summed E-state index contributed by atoms with van der Waals surface area (Å²) in [4.78, 5) is 13.3. The van der Waals surface area contributed by atoms with Crippen molar-refractivity contribution in [2.45, 2.75) is 25.6 Å². The van der Waals surface area contributed by atoms with E-state index in [2.05, 4.69) is 0 Å². The van der Waals surface area contributed by atoms with Gasteiger partial charge < -0.3 is 5.21 Å². The summed E-state index contributed by atoms with van der Waals surface area (Å²) < 4.78 is 0. The summed E-state index contributed by atoms with van der Waals surface area (Å²) in [6, 6.07) is 5.98. The Labute approximate surface area is 109 Å². The lowest BCUT2D eigenvalue weighted by Crippen LogP contribution is -2.53. The standard InChI is InChI=1S/C11H14ClN3O3/c1-11(2)9(13-17)14(10(16)15(11)18)8-5-3-4-7(12)6-8/h3-6,9,13,17-18H,1-2H3. The molecule has 0 bridgehead atoms. The van der Waals surface area contributed by atoms with Gasteiger partial charge in [-0.15, -0.1) is 0 Å². The second-order valence-corrected chi connectivity index (χ2v) is 5.07. The molecular weight excluding hydrogens is 258 g/mol. The number of hydrogen-bond acceptors (Lipinski definition) is 4. The van der Waals surface area contributed by atoms with E-state index in [4.69, 9.17) is 11.6 Å². The summed E-state index contributed by atoms with van der Waals surface area (Å²) in [5.74, 6) is 0. The third-order valence-corrected chi connectivity index (χ3v) is 3.30. The van der Waals surface area contributed by atoms with Crippen LogP contribution in [0.1, 0.15) is 13.8 Å². The van der Waals surface area contributed by atoms with Gasteiger partial charge >= 0.3 is 6.03 Å². The molecule has 1 unspecified atom stereocenters. The number of carbonyl (C=O) groups excluding carboxylic acids is 1. The molecule has 18 heavy (non-hydrogen) atoms. The molecule has 1 heterocycles.